The van der Waals surface area contributed by atoms with Crippen LogP contribution in [-0.4, -0.2) is 39.5 Å². The van der Waals surface area contributed by atoms with Crippen molar-refractivity contribution in [1.82, 2.24) is 9.88 Å². The number of amides is 1. The van der Waals surface area contributed by atoms with Gasteiger partial charge in [0, 0.05) is 31.3 Å². The Morgan fingerprint density at radius 2 is 2.33 bits per heavy atom. The number of thiazole rings is 1. The molecule has 0 bridgehead atoms. The third-order valence-corrected chi connectivity index (χ3v) is 4.45. The first-order valence-corrected chi connectivity index (χ1v) is 8.10. The molecule has 2 rings (SSSR count). The Balaban J connectivity index is 1.93. The van der Waals surface area contributed by atoms with Crippen LogP contribution in [0.5, 0.6) is 0 Å². The second kappa shape index (κ2) is 7.51. The van der Waals surface area contributed by atoms with Crippen LogP contribution in [0.15, 0.2) is 5.38 Å². The SMILES string of the molecule is CC(=O)Nc1nc(CN2CCCCC2CCC(=O)O)cs1. The van der Waals surface area contributed by atoms with Crippen LogP contribution in [0.1, 0.15) is 44.7 Å². The van der Waals surface area contributed by atoms with E-state index in [2.05, 4.69) is 15.2 Å². The Kier molecular flexibility index (Phi) is 5.69. The number of likely N-dealkylation sites (tertiary alicyclic amines) is 1. The molecule has 1 amide bonds. The summed E-state index contributed by atoms with van der Waals surface area (Å²) in [7, 11) is 0. The topological polar surface area (TPSA) is 82.5 Å². The molecule has 0 radical (unpaired) electrons. The molecule has 116 valence electrons. The van der Waals surface area contributed by atoms with E-state index in [1.165, 1.54) is 18.3 Å². The number of hydrogen-bond donors (Lipinski definition) is 2. The number of piperidine rings is 1. The second-order valence-corrected chi connectivity index (χ2v) is 6.24. The highest BCUT2D eigenvalue weighted by atomic mass is 32.1. The smallest absolute Gasteiger partial charge is 0.303 e. The van der Waals surface area contributed by atoms with Crippen molar-refractivity contribution in [3.8, 4) is 0 Å². The number of aromatic nitrogens is 1. The molecule has 2 N–H and O–H groups in total. The Bertz CT molecular complexity index is 503. The number of aliphatic carboxylic acids is 1. The molecule has 1 saturated heterocycles. The van der Waals surface area contributed by atoms with Gasteiger partial charge in [0.1, 0.15) is 0 Å². The average Bonchev–Trinajstić information content (AvgIpc) is 2.84. The quantitative estimate of drug-likeness (QED) is 0.842. The molecule has 0 aliphatic carbocycles. The molecule has 1 unspecified atom stereocenters. The first-order valence-electron chi connectivity index (χ1n) is 7.22. The predicted octanol–water partition coefficient (Wildman–Crippen LogP) is 2.32. The lowest BCUT2D eigenvalue weighted by atomic mass is 9.98. The van der Waals surface area contributed by atoms with Crippen LogP contribution in [0.2, 0.25) is 0 Å². The molecule has 0 spiro atoms. The van der Waals surface area contributed by atoms with Crippen molar-refractivity contribution >= 4 is 28.3 Å². The van der Waals surface area contributed by atoms with Gasteiger partial charge in [0.05, 0.1) is 5.69 Å². The van der Waals surface area contributed by atoms with Crippen LogP contribution in [0.3, 0.4) is 0 Å². The highest BCUT2D eigenvalue weighted by Crippen LogP contribution is 2.24. The van der Waals surface area contributed by atoms with Gasteiger partial charge in [-0.3, -0.25) is 14.5 Å². The van der Waals surface area contributed by atoms with Gasteiger partial charge in [0.2, 0.25) is 5.91 Å². The van der Waals surface area contributed by atoms with Crippen LogP contribution < -0.4 is 5.32 Å². The van der Waals surface area contributed by atoms with E-state index in [4.69, 9.17) is 5.11 Å². The maximum Gasteiger partial charge on any atom is 0.303 e. The van der Waals surface area contributed by atoms with Gasteiger partial charge in [-0.1, -0.05) is 6.42 Å². The van der Waals surface area contributed by atoms with Crippen molar-refractivity contribution in [2.24, 2.45) is 0 Å². The third-order valence-electron chi connectivity index (χ3n) is 3.64. The van der Waals surface area contributed by atoms with Crippen LogP contribution in [0.4, 0.5) is 5.13 Å². The number of anilines is 1. The molecular weight excluding hydrogens is 290 g/mol. The van der Waals surface area contributed by atoms with E-state index in [1.807, 2.05) is 5.38 Å². The van der Waals surface area contributed by atoms with E-state index in [1.54, 1.807) is 0 Å². The van der Waals surface area contributed by atoms with Crippen molar-refractivity contribution in [2.75, 3.05) is 11.9 Å². The number of nitrogens with zero attached hydrogens (tertiary/aromatic N) is 2. The van der Waals surface area contributed by atoms with Crippen molar-refractivity contribution in [1.29, 1.82) is 0 Å². The number of carboxylic acids is 1. The molecule has 7 heteroatoms. The standard InChI is InChI=1S/C14H21N3O3S/c1-10(18)15-14-16-11(9-21-14)8-17-7-3-2-4-12(17)5-6-13(19)20/h9,12H,2-8H2,1H3,(H,19,20)(H,15,16,18). The number of carboxylic acid groups (broad SMARTS) is 1. The summed E-state index contributed by atoms with van der Waals surface area (Å²) in [5.41, 5.74) is 0.936. The fraction of sp³-hybridized carbons (Fsp3) is 0.643. The maximum absolute atomic E-state index is 11.0. The molecule has 0 aromatic carbocycles. The number of rotatable bonds is 6. The lowest BCUT2D eigenvalue weighted by Gasteiger charge is -2.35. The molecular formula is C14H21N3O3S. The van der Waals surface area contributed by atoms with E-state index >= 15 is 0 Å². The summed E-state index contributed by atoms with van der Waals surface area (Å²) in [4.78, 5) is 28.5. The summed E-state index contributed by atoms with van der Waals surface area (Å²) < 4.78 is 0. The summed E-state index contributed by atoms with van der Waals surface area (Å²) >= 11 is 1.42. The van der Waals surface area contributed by atoms with E-state index in [9.17, 15) is 9.59 Å². The van der Waals surface area contributed by atoms with Gasteiger partial charge in [-0.25, -0.2) is 4.98 Å². The van der Waals surface area contributed by atoms with Gasteiger partial charge in [0.15, 0.2) is 5.13 Å². The lowest BCUT2D eigenvalue weighted by molar-refractivity contribution is -0.137. The average molecular weight is 311 g/mol. The molecule has 2 heterocycles. The zero-order valence-electron chi connectivity index (χ0n) is 12.2. The minimum absolute atomic E-state index is 0.117. The van der Waals surface area contributed by atoms with Crippen molar-refractivity contribution in [3.05, 3.63) is 11.1 Å². The number of carbonyl (C=O) groups is 2. The summed E-state index contributed by atoms with van der Waals surface area (Å²) in [5, 5.41) is 14.1. The van der Waals surface area contributed by atoms with E-state index in [0.717, 1.165) is 38.0 Å². The maximum atomic E-state index is 11.0. The molecule has 1 aromatic rings. The lowest BCUT2D eigenvalue weighted by Crippen LogP contribution is -2.39. The normalized spacial score (nSPS) is 19.4. The molecule has 1 aliphatic rings. The summed E-state index contributed by atoms with van der Waals surface area (Å²) in [6.07, 6.45) is 4.27. The summed E-state index contributed by atoms with van der Waals surface area (Å²) in [6, 6.07) is 0.320. The van der Waals surface area contributed by atoms with Crippen LogP contribution in [0, 0.1) is 0 Å². The summed E-state index contributed by atoms with van der Waals surface area (Å²) in [5.74, 6) is -0.852. The summed E-state index contributed by atoms with van der Waals surface area (Å²) in [6.45, 7) is 3.17. The number of nitrogens with one attached hydrogen (secondary N) is 1. The minimum Gasteiger partial charge on any atom is -0.481 e. The largest absolute Gasteiger partial charge is 0.481 e. The Hall–Kier alpha value is -1.47. The number of carbonyl (C=O) groups excluding carboxylic acids is 1. The zero-order valence-corrected chi connectivity index (χ0v) is 13.0. The first-order chi connectivity index (χ1) is 10.0. The molecule has 1 fully saturated rings. The fourth-order valence-corrected chi connectivity index (χ4v) is 3.43. The fourth-order valence-electron chi connectivity index (χ4n) is 2.68. The van der Waals surface area contributed by atoms with Gasteiger partial charge < -0.3 is 10.4 Å². The highest BCUT2D eigenvalue weighted by Gasteiger charge is 2.23. The van der Waals surface area contributed by atoms with E-state index in [0.29, 0.717) is 17.6 Å². The Morgan fingerprint density at radius 3 is 3.05 bits per heavy atom. The molecule has 1 atom stereocenters. The first kappa shape index (κ1) is 15.9. The minimum atomic E-state index is -0.734. The molecule has 0 saturated carbocycles. The molecule has 1 aliphatic heterocycles. The Labute approximate surface area is 128 Å². The van der Waals surface area contributed by atoms with Gasteiger partial charge in [-0.2, -0.15) is 0 Å². The highest BCUT2D eigenvalue weighted by molar-refractivity contribution is 7.13. The van der Waals surface area contributed by atoms with Gasteiger partial charge >= 0.3 is 5.97 Å². The van der Waals surface area contributed by atoms with Crippen molar-refractivity contribution in [2.45, 2.75) is 51.6 Å². The van der Waals surface area contributed by atoms with Gasteiger partial charge in [0.25, 0.3) is 0 Å². The molecule has 21 heavy (non-hydrogen) atoms. The van der Waals surface area contributed by atoms with Crippen LogP contribution in [-0.2, 0) is 16.1 Å². The third kappa shape index (κ3) is 5.09. The monoisotopic (exact) mass is 311 g/mol. The van der Waals surface area contributed by atoms with Gasteiger partial charge in [-0.15, -0.1) is 11.3 Å². The van der Waals surface area contributed by atoms with Crippen molar-refractivity contribution < 1.29 is 14.7 Å². The van der Waals surface area contributed by atoms with E-state index < -0.39 is 5.97 Å². The second-order valence-electron chi connectivity index (χ2n) is 5.38. The van der Waals surface area contributed by atoms with Crippen molar-refractivity contribution in [3.63, 3.8) is 0 Å². The molecule has 6 nitrogen and oxygen atoms in total. The predicted molar refractivity (Wildman–Crippen MR) is 81.3 cm³/mol. The van der Waals surface area contributed by atoms with Crippen LogP contribution in [0.25, 0.3) is 0 Å². The molecule has 1 aromatic heterocycles. The van der Waals surface area contributed by atoms with Crippen LogP contribution >= 0.6 is 11.3 Å². The number of hydrogen-bond acceptors (Lipinski definition) is 5. The van der Waals surface area contributed by atoms with Gasteiger partial charge in [-0.05, 0) is 25.8 Å². The van der Waals surface area contributed by atoms with E-state index in [-0.39, 0.29) is 12.3 Å². The zero-order chi connectivity index (χ0) is 15.2. The Morgan fingerprint density at radius 1 is 1.52 bits per heavy atom.